The van der Waals surface area contributed by atoms with E-state index in [2.05, 4.69) is 10.4 Å². The molecule has 0 atom stereocenters. The van der Waals surface area contributed by atoms with Crippen LogP contribution in [0.3, 0.4) is 0 Å². The number of rotatable bonds is 6. The third-order valence-electron chi connectivity index (χ3n) is 4.40. The van der Waals surface area contributed by atoms with E-state index in [-0.39, 0.29) is 22.9 Å². The number of hydrogen-bond acceptors (Lipinski definition) is 5. The van der Waals surface area contributed by atoms with Gasteiger partial charge in [-0.05, 0) is 36.4 Å². The number of para-hydroxylation sites is 1. The zero-order chi connectivity index (χ0) is 21.1. The van der Waals surface area contributed by atoms with Gasteiger partial charge in [0.05, 0.1) is 21.9 Å². The molecule has 1 amide bonds. The smallest absolute Gasteiger partial charge is 0.324 e. The van der Waals surface area contributed by atoms with Gasteiger partial charge in [0.2, 0.25) is 0 Å². The highest BCUT2D eigenvalue weighted by atomic mass is 32.1. The van der Waals surface area contributed by atoms with Gasteiger partial charge >= 0.3 is 5.00 Å². The largest absolute Gasteiger partial charge is 0.348 e. The summed E-state index contributed by atoms with van der Waals surface area (Å²) in [7, 11) is 0. The van der Waals surface area contributed by atoms with Gasteiger partial charge in [0.15, 0.2) is 0 Å². The lowest BCUT2D eigenvalue weighted by atomic mass is 10.1. The van der Waals surface area contributed by atoms with Crippen LogP contribution < -0.4 is 5.32 Å². The van der Waals surface area contributed by atoms with Crippen molar-refractivity contribution in [2.45, 2.75) is 6.54 Å². The van der Waals surface area contributed by atoms with Gasteiger partial charge in [-0.25, -0.2) is 9.07 Å². The van der Waals surface area contributed by atoms with Crippen LogP contribution in [-0.2, 0) is 6.54 Å². The predicted molar refractivity (Wildman–Crippen MR) is 111 cm³/mol. The van der Waals surface area contributed by atoms with E-state index in [0.717, 1.165) is 22.6 Å². The van der Waals surface area contributed by atoms with Crippen LogP contribution in [0.15, 0.2) is 72.2 Å². The van der Waals surface area contributed by atoms with Crippen molar-refractivity contribution in [3.05, 3.63) is 99.3 Å². The lowest BCUT2D eigenvalue weighted by Crippen LogP contribution is -2.22. The molecular weight excluding hydrogens is 407 g/mol. The summed E-state index contributed by atoms with van der Waals surface area (Å²) in [6.45, 7) is 0.155. The number of halogens is 1. The first kappa shape index (κ1) is 19.5. The lowest BCUT2D eigenvalue weighted by molar-refractivity contribution is -0.380. The Morgan fingerprint density at radius 2 is 1.90 bits per heavy atom. The molecule has 0 saturated heterocycles. The molecule has 30 heavy (non-hydrogen) atoms. The molecule has 0 aliphatic carbocycles. The molecule has 0 bridgehead atoms. The van der Waals surface area contributed by atoms with Crippen LogP contribution in [0.2, 0.25) is 0 Å². The average molecular weight is 422 g/mol. The van der Waals surface area contributed by atoms with Gasteiger partial charge < -0.3 is 5.32 Å². The van der Waals surface area contributed by atoms with Gasteiger partial charge in [-0.2, -0.15) is 5.10 Å². The van der Waals surface area contributed by atoms with Crippen molar-refractivity contribution < 1.29 is 14.1 Å². The average Bonchev–Trinajstić information content (AvgIpc) is 3.41. The minimum atomic E-state index is -0.530. The van der Waals surface area contributed by atoms with E-state index < -0.39 is 10.8 Å². The maximum atomic E-state index is 13.3. The van der Waals surface area contributed by atoms with Crippen LogP contribution in [0.25, 0.3) is 16.9 Å². The third-order valence-corrected chi connectivity index (χ3v) is 5.28. The van der Waals surface area contributed by atoms with Crippen molar-refractivity contribution in [2.75, 3.05) is 0 Å². The van der Waals surface area contributed by atoms with Crippen molar-refractivity contribution in [1.29, 1.82) is 0 Å². The van der Waals surface area contributed by atoms with Crippen LogP contribution >= 0.6 is 11.3 Å². The van der Waals surface area contributed by atoms with Crippen LogP contribution in [0.5, 0.6) is 0 Å². The Morgan fingerprint density at radius 3 is 2.57 bits per heavy atom. The number of nitrogens with one attached hydrogen (secondary N) is 1. The summed E-state index contributed by atoms with van der Waals surface area (Å²) in [5, 5.41) is 19.6. The van der Waals surface area contributed by atoms with Crippen molar-refractivity contribution in [2.24, 2.45) is 0 Å². The summed E-state index contributed by atoms with van der Waals surface area (Å²) in [5.74, 6) is -0.771. The zero-order valence-electron chi connectivity index (χ0n) is 15.5. The minimum absolute atomic E-state index is 0.0935. The quantitative estimate of drug-likeness (QED) is 0.364. The van der Waals surface area contributed by atoms with Gasteiger partial charge in [0, 0.05) is 35.3 Å². The number of benzene rings is 2. The second-order valence-electron chi connectivity index (χ2n) is 6.40. The summed E-state index contributed by atoms with van der Waals surface area (Å²) in [6, 6.07) is 16.7. The summed E-state index contributed by atoms with van der Waals surface area (Å²) in [6.07, 6.45) is 1.80. The minimum Gasteiger partial charge on any atom is -0.348 e. The molecular formula is C21H15FN4O3S. The highest BCUT2D eigenvalue weighted by Gasteiger charge is 2.17. The molecule has 9 heteroatoms. The number of aromatic nitrogens is 2. The Hall–Kier alpha value is -3.85. The van der Waals surface area contributed by atoms with Gasteiger partial charge in [-0.15, -0.1) is 0 Å². The highest BCUT2D eigenvalue weighted by molar-refractivity contribution is 7.13. The van der Waals surface area contributed by atoms with E-state index in [1.54, 1.807) is 23.0 Å². The second-order valence-corrected chi connectivity index (χ2v) is 7.29. The van der Waals surface area contributed by atoms with E-state index in [1.165, 1.54) is 23.6 Å². The molecule has 0 saturated carbocycles. The number of amides is 1. The first-order chi connectivity index (χ1) is 14.5. The van der Waals surface area contributed by atoms with Crippen LogP contribution in [0.4, 0.5) is 9.39 Å². The van der Waals surface area contributed by atoms with Crippen LogP contribution in [0.1, 0.15) is 15.9 Å². The fourth-order valence-electron chi connectivity index (χ4n) is 2.92. The first-order valence-electron chi connectivity index (χ1n) is 8.92. The Balaban J connectivity index is 1.62. The van der Waals surface area contributed by atoms with Crippen molar-refractivity contribution in [1.82, 2.24) is 15.1 Å². The summed E-state index contributed by atoms with van der Waals surface area (Å²) in [5.41, 5.74) is 3.11. The maximum Gasteiger partial charge on any atom is 0.324 e. The summed E-state index contributed by atoms with van der Waals surface area (Å²) < 4.78 is 15.0. The molecule has 150 valence electrons. The van der Waals surface area contributed by atoms with Gasteiger partial charge in [0.25, 0.3) is 5.91 Å². The maximum absolute atomic E-state index is 13.3. The number of carbonyl (C=O) groups is 1. The van der Waals surface area contributed by atoms with E-state index >= 15 is 0 Å². The normalized spacial score (nSPS) is 10.7. The number of carbonyl (C=O) groups excluding carboxylic acids is 1. The van der Waals surface area contributed by atoms with Gasteiger partial charge in [-0.3, -0.25) is 14.9 Å². The molecule has 0 aliphatic rings. The van der Waals surface area contributed by atoms with Gasteiger partial charge in [-0.1, -0.05) is 29.5 Å². The van der Waals surface area contributed by atoms with E-state index in [4.69, 9.17) is 0 Å². The molecule has 2 heterocycles. The number of thiophene rings is 1. The molecule has 7 nitrogen and oxygen atoms in total. The molecule has 1 N–H and O–H groups in total. The molecule has 0 fully saturated rings. The molecule has 2 aromatic heterocycles. The van der Waals surface area contributed by atoms with E-state index in [9.17, 15) is 19.3 Å². The standard InChI is InChI=1S/C21H15FN4O3S/c22-17-8-6-14(7-9-17)20-16(12-25(24-20)18-4-2-1-3-5-18)11-23-21(27)15-10-19(26(28)29)30-13-15/h1-10,12-13H,11H2,(H,23,27). The molecule has 0 spiro atoms. The number of nitro groups is 1. The topological polar surface area (TPSA) is 90.1 Å². The second kappa shape index (κ2) is 8.26. The Labute approximate surface area is 174 Å². The highest BCUT2D eigenvalue weighted by Crippen LogP contribution is 2.25. The van der Waals surface area contributed by atoms with Crippen LogP contribution in [0, 0.1) is 15.9 Å². The Bertz CT molecular complexity index is 1200. The summed E-state index contributed by atoms with van der Waals surface area (Å²) in [4.78, 5) is 22.7. The fraction of sp³-hybridized carbons (Fsp3) is 0.0476. The van der Waals surface area contributed by atoms with Crippen molar-refractivity contribution in [3.8, 4) is 16.9 Å². The molecule has 2 aromatic carbocycles. The molecule has 4 rings (SSSR count). The Morgan fingerprint density at radius 1 is 1.17 bits per heavy atom. The fourth-order valence-corrected chi connectivity index (χ4v) is 3.62. The molecule has 0 aliphatic heterocycles. The number of hydrogen-bond donors (Lipinski definition) is 1. The molecule has 4 aromatic rings. The van der Waals surface area contributed by atoms with Crippen LogP contribution in [-0.4, -0.2) is 20.6 Å². The van der Waals surface area contributed by atoms with E-state index in [0.29, 0.717) is 11.3 Å². The Kier molecular flexibility index (Phi) is 5.36. The zero-order valence-corrected chi connectivity index (χ0v) is 16.3. The SMILES string of the molecule is O=C(NCc1cn(-c2ccccc2)nc1-c1ccc(F)cc1)c1csc([N+](=O)[O-])c1. The first-order valence-corrected chi connectivity index (χ1v) is 9.80. The monoisotopic (exact) mass is 422 g/mol. The van der Waals surface area contributed by atoms with E-state index in [1.807, 2.05) is 30.3 Å². The lowest BCUT2D eigenvalue weighted by Gasteiger charge is -2.04. The molecule has 0 unspecified atom stereocenters. The molecule has 0 radical (unpaired) electrons. The third kappa shape index (κ3) is 4.11. The van der Waals surface area contributed by atoms with Gasteiger partial charge in [0.1, 0.15) is 5.82 Å². The van der Waals surface area contributed by atoms with Crippen molar-refractivity contribution in [3.63, 3.8) is 0 Å². The predicted octanol–water partition coefficient (Wildman–Crippen LogP) is 4.58. The van der Waals surface area contributed by atoms with Crippen molar-refractivity contribution >= 4 is 22.2 Å². The number of nitrogens with zero attached hydrogens (tertiary/aromatic N) is 3. The summed E-state index contributed by atoms with van der Waals surface area (Å²) >= 11 is 0.899.